The first-order valence-electron chi connectivity index (χ1n) is 12.9. The third kappa shape index (κ3) is 5.60. The molecule has 0 spiro atoms. The van der Waals surface area contributed by atoms with Crippen molar-refractivity contribution in [3.8, 4) is 5.75 Å². The molecule has 1 atom stereocenters. The van der Waals surface area contributed by atoms with Crippen molar-refractivity contribution < 1.29 is 23.9 Å². The van der Waals surface area contributed by atoms with E-state index >= 15 is 0 Å². The number of benzene rings is 2. The van der Waals surface area contributed by atoms with Crippen LogP contribution in [0.1, 0.15) is 40.2 Å². The number of ether oxygens (including phenoxy) is 2. The highest BCUT2D eigenvalue weighted by molar-refractivity contribution is 5.94. The van der Waals surface area contributed by atoms with Crippen molar-refractivity contribution in [2.45, 2.75) is 25.2 Å². The molecule has 0 radical (unpaired) electrons. The Kier molecular flexibility index (Phi) is 7.63. The third-order valence-corrected chi connectivity index (χ3v) is 7.36. The van der Waals surface area contributed by atoms with Crippen LogP contribution in [0.3, 0.4) is 0 Å². The zero-order valence-electron chi connectivity index (χ0n) is 20.6. The minimum Gasteiger partial charge on any atom is -0.426 e. The molecule has 2 heterocycles. The highest BCUT2D eigenvalue weighted by atomic mass is 16.5. The molecule has 2 saturated heterocycles. The zero-order valence-corrected chi connectivity index (χ0v) is 20.6. The number of carbonyl (C=O) groups excluding carboxylic acids is 3. The number of hydrogen-bond donors (Lipinski definition) is 0. The SMILES string of the molecule is O=C(Oc1ccc(C(=O)N2CCN(CC(=O)N3CCOCC3)CC2)cc1)C1CCCc2ccccc21. The summed E-state index contributed by atoms with van der Waals surface area (Å²) in [6, 6.07) is 14.9. The highest BCUT2D eigenvalue weighted by Crippen LogP contribution is 2.32. The average Bonchev–Trinajstić information content (AvgIpc) is 2.93. The maximum absolute atomic E-state index is 13.0. The number of esters is 1. The fourth-order valence-electron chi connectivity index (χ4n) is 5.25. The van der Waals surface area contributed by atoms with E-state index in [4.69, 9.17) is 9.47 Å². The Hall–Kier alpha value is -3.23. The van der Waals surface area contributed by atoms with E-state index in [0.29, 0.717) is 70.3 Å². The molecule has 0 saturated carbocycles. The van der Waals surface area contributed by atoms with Gasteiger partial charge in [0.25, 0.3) is 5.91 Å². The largest absolute Gasteiger partial charge is 0.426 e. The number of nitrogens with zero attached hydrogens (tertiary/aromatic N) is 3. The summed E-state index contributed by atoms with van der Waals surface area (Å²) in [6.45, 7) is 5.36. The lowest BCUT2D eigenvalue weighted by atomic mass is 9.83. The Labute approximate surface area is 211 Å². The number of hydrogen-bond acceptors (Lipinski definition) is 6. The first-order chi connectivity index (χ1) is 17.6. The number of fused-ring (bicyclic) bond motifs is 1. The summed E-state index contributed by atoms with van der Waals surface area (Å²) in [6.07, 6.45) is 2.75. The molecule has 190 valence electrons. The second-order valence-corrected chi connectivity index (χ2v) is 9.65. The van der Waals surface area contributed by atoms with Gasteiger partial charge in [0.15, 0.2) is 0 Å². The van der Waals surface area contributed by atoms with Gasteiger partial charge in [-0.2, -0.15) is 0 Å². The zero-order chi connectivity index (χ0) is 24.9. The van der Waals surface area contributed by atoms with Crippen molar-refractivity contribution >= 4 is 17.8 Å². The van der Waals surface area contributed by atoms with Gasteiger partial charge < -0.3 is 19.3 Å². The van der Waals surface area contributed by atoms with E-state index in [0.717, 1.165) is 24.8 Å². The first-order valence-corrected chi connectivity index (χ1v) is 12.9. The molecule has 2 aromatic rings. The average molecular weight is 492 g/mol. The molecule has 8 heteroatoms. The van der Waals surface area contributed by atoms with Gasteiger partial charge >= 0.3 is 5.97 Å². The monoisotopic (exact) mass is 491 g/mol. The quantitative estimate of drug-likeness (QED) is 0.472. The summed E-state index contributed by atoms with van der Waals surface area (Å²) in [4.78, 5) is 44.1. The van der Waals surface area contributed by atoms with Gasteiger partial charge in [0, 0.05) is 44.8 Å². The Bertz CT molecular complexity index is 1090. The van der Waals surface area contributed by atoms with Crippen LogP contribution >= 0.6 is 0 Å². The lowest BCUT2D eigenvalue weighted by Gasteiger charge is -2.36. The van der Waals surface area contributed by atoms with Crippen LogP contribution in [0.15, 0.2) is 48.5 Å². The minimum atomic E-state index is -0.248. The number of carbonyl (C=O) groups is 3. The Morgan fingerprint density at radius 2 is 1.58 bits per heavy atom. The molecule has 1 aliphatic carbocycles. The molecule has 0 bridgehead atoms. The van der Waals surface area contributed by atoms with Crippen LogP contribution in [0, 0.1) is 0 Å². The van der Waals surface area contributed by atoms with Crippen molar-refractivity contribution in [1.29, 1.82) is 0 Å². The van der Waals surface area contributed by atoms with Crippen molar-refractivity contribution in [2.75, 3.05) is 59.0 Å². The molecule has 0 aromatic heterocycles. The van der Waals surface area contributed by atoms with Crippen LogP contribution in [-0.2, 0) is 20.7 Å². The number of rotatable bonds is 5. The van der Waals surface area contributed by atoms with E-state index in [-0.39, 0.29) is 23.7 Å². The summed E-state index contributed by atoms with van der Waals surface area (Å²) in [5.74, 6) is 0.0332. The number of aryl methyl sites for hydroxylation is 1. The van der Waals surface area contributed by atoms with Gasteiger partial charge in [-0.1, -0.05) is 24.3 Å². The maximum Gasteiger partial charge on any atom is 0.318 e. The van der Waals surface area contributed by atoms with E-state index in [2.05, 4.69) is 11.0 Å². The topological polar surface area (TPSA) is 79.4 Å². The van der Waals surface area contributed by atoms with Crippen molar-refractivity contribution in [3.63, 3.8) is 0 Å². The van der Waals surface area contributed by atoms with Crippen LogP contribution in [0.25, 0.3) is 0 Å². The van der Waals surface area contributed by atoms with Gasteiger partial charge in [0.2, 0.25) is 5.91 Å². The van der Waals surface area contributed by atoms with Crippen LogP contribution in [0.5, 0.6) is 5.75 Å². The predicted molar refractivity (Wildman–Crippen MR) is 134 cm³/mol. The molecule has 2 aromatic carbocycles. The van der Waals surface area contributed by atoms with Crippen molar-refractivity contribution in [3.05, 3.63) is 65.2 Å². The predicted octanol–water partition coefficient (Wildman–Crippen LogP) is 2.33. The molecule has 2 amide bonds. The van der Waals surface area contributed by atoms with E-state index in [1.807, 2.05) is 28.0 Å². The Morgan fingerprint density at radius 3 is 2.33 bits per heavy atom. The molecule has 36 heavy (non-hydrogen) atoms. The highest BCUT2D eigenvalue weighted by Gasteiger charge is 2.28. The third-order valence-electron chi connectivity index (χ3n) is 7.36. The second kappa shape index (κ2) is 11.2. The number of morpholine rings is 1. The van der Waals surface area contributed by atoms with Crippen LogP contribution < -0.4 is 4.74 Å². The molecular weight excluding hydrogens is 458 g/mol. The molecule has 0 N–H and O–H groups in total. The van der Waals surface area contributed by atoms with Gasteiger partial charge in [0.05, 0.1) is 25.7 Å². The Morgan fingerprint density at radius 1 is 0.861 bits per heavy atom. The molecule has 5 rings (SSSR count). The van der Waals surface area contributed by atoms with E-state index in [9.17, 15) is 14.4 Å². The maximum atomic E-state index is 13.0. The molecule has 8 nitrogen and oxygen atoms in total. The lowest BCUT2D eigenvalue weighted by molar-refractivity contribution is -0.137. The molecule has 3 aliphatic rings. The standard InChI is InChI=1S/C28H33N3O5/c32-26(30-16-18-35-19-17-30)20-29-12-14-31(15-13-29)27(33)22-8-10-23(11-9-22)36-28(34)25-7-3-5-21-4-1-2-6-24(21)25/h1-2,4,6,8-11,25H,3,5,7,12-20H2. The fraction of sp³-hybridized carbons (Fsp3) is 0.464. The minimum absolute atomic E-state index is 0.0479. The van der Waals surface area contributed by atoms with Crippen LogP contribution in [-0.4, -0.2) is 91.5 Å². The molecule has 2 fully saturated rings. The van der Waals surface area contributed by atoms with Gasteiger partial charge in [-0.25, -0.2) is 0 Å². The van der Waals surface area contributed by atoms with Crippen LogP contribution in [0.4, 0.5) is 0 Å². The second-order valence-electron chi connectivity index (χ2n) is 9.65. The molecular formula is C28H33N3O5. The van der Waals surface area contributed by atoms with Crippen molar-refractivity contribution in [1.82, 2.24) is 14.7 Å². The van der Waals surface area contributed by atoms with E-state index in [1.54, 1.807) is 24.3 Å². The first kappa shape index (κ1) is 24.5. The van der Waals surface area contributed by atoms with E-state index < -0.39 is 0 Å². The van der Waals surface area contributed by atoms with Gasteiger partial charge in [-0.3, -0.25) is 19.3 Å². The normalized spacial score (nSPS) is 20.5. The van der Waals surface area contributed by atoms with E-state index in [1.165, 1.54) is 5.56 Å². The smallest absolute Gasteiger partial charge is 0.318 e. The lowest BCUT2D eigenvalue weighted by Crippen LogP contribution is -2.52. The fourth-order valence-corrected chi connectivity index (χ4v) is 5.25. The summed E-state index contributed by atoms with van der Waals surface area (Å²) in [5.41, 5.74) is 2.85. The van der Waals surface area contributed by atoms with Crippen LogP contribution in [0.2, 0.25) is 0 Å². The summed E-state index contributed by atoms with van der Waals surface area (Å²) in [5, 5.41) is 0. The summed E-state index contributed by atoms with van der Waals surface area (Å²) in [7, 11) is 0. The summed E-state index contributed by atoms with van der Waals surface area (Å²) >= 11 is 0. The molecule has 1 unspecified atom stereocenters. The van der Waals surface area contributed by atoms with Gasteiger partial charge in [-0.05, 0) is 54.7 Å². The Balaban J connectivity index is 1.12. The summed E-state index contributed by atoms with van der Waals surface area (Å²) < 4.78 is 11.0. The van der Waals surface area contributed by atoms with Crippen molar-refractivity contribution in [2.24, 2.45) is 0 Å². The number of piperazine rings is 1. The van der Waals surface area contributed by atoms with Gasteiger partial charge in [-0.15, -0.1) is 0 Å². The number of amides is 2. The van der Waals surface area contributed by atoms with Gasteiger partial charge in [0.1, 0.15) is 5.75 Å². The molecule has 2 aliphatic heterocycles.